The van der Waals surface area contributed by atoms with Crippen LogP contribution >= 0.6 is 23.2 Å². The zero-order valence-electron chi connectivity index (χ0n) is 15.5. The number of nitrogens with zero attached hydrogens (tertiary/aromatic N) is 3. The van der Waals surface area contributed by atoms with Crippen LogP contribution in [0.3, 0.4) is 0 Å². The van der Waals surface area contributed by atoms with E-state index >= 15 is 0 Å². The molecule has 0 aliphatic carbocycles. The van der Waals surface area contributed by atoms with Crippen molar-refractivity contribution in [2.75, 3.05) is 5.32 Å². The van der Waals surface area contributed by atoms with Gasteiger partial charge in [-0.1, -0.05) is 23.2 Å². The van der Waals surface area contributed by atoms with Gasteiger partial charge in [0.2, 0.25) is 0 Å². The molecule has 29 heavy (non-hydrogen) atoms. The minimum Gasteiger partial charge on any atom is -0.321 e. The zero-order chi connectivity index (χ0) is 20.7. The molecule has 0 bridgehead atoms. The maximum atomic E-state index is 13.3. The molecule has 0 aliphatic rings. The fourth-order valence-electron chi connectivity index (χ4n) is 3.14. The SMILES string of the molecule is Cc1cc(C(=O)Nc2ccc(Cl)cc2Cl)c2c(C)nn(-c3ccc(F)cc3)c2n1. The number of benzene rings is 2. The lowest BCUT2D eigenvalue weighted by Crippen LogP contribution is -2.13. The first-order chi connectivity index (χ1) is 13.8. The Morgan fingerprint density at radius 1 is 1.07 bits per heavy atom. The molecule has 2 aromatic heterocycles. The summed E-state index contributed by atoms with van der Waals surface area (Å²) in [6.07, 6.45) is 0. The summed E-state index contributed by atoms with van der Waals surface area (Å²) >= 11 is 12.1. The van der Waals surface area contributed by atoms with Gasteiger partial charge in [-0.15, -0.1) is 0 Å². The summed E-state index contributed by atoms with van der Waals surface area (Å²) in [5, 5.41) is 8.76. The molecule has 5 nitrogen and oxygen atoms in total. The number of pyridine rings is 1. The molecule has 1 amide bonds. The van der Waals surface area contributed by atoms with Crippen molar-refractivity contribution in [2.24, 2.45) is 0 Å². The Bertz CT molecular complexity index is 1250. The number of aromatic nitrogens is 3. The van der Waals surface area contributed by atoms with E-state index in [2.05, 4.69) is 15.4 Å². The van der Waals surface area contributed by atoms with Crippen LogP contribution in [-0.4, -0.2) is 20.7 Å². The molecule has 0 aliphatic heterocycles. The molecule has 8 heteroatoms. The third kappa shape index (κ3) is 3.69. The van der Waals surface area contributed by atoms with Crippen molar-refractivity contribution < 1.29 is 9.18 Å². The molecule has 0 fully saturated rings. The highest BCUT2D eigenvalue weighted by molar-refractivity contribution is 6.37. The second kappa shape index (κ2) is 7.46. The quantitative estimate of drug-likeness (QED) is 0.452. The highest BCUT2D eigenvalue weighted by atomic mass is 35.5. The lowest BCUT2D eigenvalue weighted by molar-refractivity contribution is 0.102. The van der Waals surface area contributed by atoms with Gasteiger partial charge in [-0.05, 0) is 62.4 Å². The normalized spacial score (nSPS) is 11.1. The third-order valence-electron chi connectivity index (χ3n) is 4.44. The van der Waals surface area contributed by atoms with E-state index in [1.165, 1.54) is 12.1 Å². The first-order valence-electron chi connectivity index (χ1n) is 8.73. The highest BCUT2D eigenvalue weighted by Gasteiger charge is 2.20. The molecule has 146 valence electrons. The van der Waals surface area contributed by atoms with Crippen LogP contribution < -0.4 is 5.32 Å². The smallest absolute Gasteiger partial charge is 0.256 e. The van der Waals surface area contributed by atoms with Gasteiger partial charge in [0.25, 0.3) is 5.91 Å². The molecule has 0 saturated carbocycles. The number of hydrogen-bond donors (Lipinski definition) is 1. The summed E-state index contributed by atoms with van der Waals surface area (Å²) in [5.74, 6) is -0.683. The molecule has 4 aromatic rings. The Balaban J connectivity index is 1.82. The molecular formula is C21H15Cl2FN4O. The summed E-state index contributed by atoms with van der Waals surface area (Å²) < 4.78 is 14.9. The van der Waals surface area contributed by atoms with Crippen molar-refractivity contribution in [3.8, 4) is 5.69 Å². The van der Waals surface area contributed by atoms with Crippen LogP contribution in [0.25, 0.3) is 16.7 Å². The zero-order valence-corrected chi connectivity index (χ0v) is 17.0. The monoisotopic (exact) mass is 428 g/mol. The van der Waals surface area contributed by atoms with E-state index in [4.69, 9.17) is 23.2 Å². The molecule has 0 atom stereocenters. The number of carbonyl (C=O) groups excluding carboxylic acids is 1. The Labute approximate surface area is 176 Å². The number of halogens is 3. The molecule has 0 radical (unpaired) electrons. The largest absolute Gasteiger partial charge is 0.321 e. The fourth-order valence-corrected chi connectivity index (χ4v) is 3.59. The molecule has 1 N–H and O–H groups in total. The predicted octanol–water partition coefficient (Wildman–Crippen LogP) is 5.74. The van der Waals surface area contributed by atoms with Gasteiger partial charge in [0, 0.05) is 10.7 Å². The van der Waals surface area contributed by atoms with E-state index < -0.39 is 0 Å². The van der Waals surface area contributed by atoms with E-state index in [0.29, 0.717) is 49.4 Å². The van der Waals surface area contributed by atoms with Crippen LogP contribution in [-0.2, 0) is 0 Å². The van der Waals surface area contributed by atoms with Gasteiger partial charge >= 0.3 is 0 Å². The highest BCUT2D eigenvalue weighted by Crippen LogP contribution is 2.28. The summed E-state index contributed by atoms with van der Waals surface area (Å²) in [5.41, 5.74) is 3.31. The number of nitrogens with one attached hydrogen (secondary N) is 1. The van der Waals surface area contributed by atoms with Crippen LogP contribution in [0.5, 0.6) is 0 Å². The van der Waals surface area contributed by atoms with Gasteiger partial charge < -0.3 is 5.32 Å². The number of hydrogen-bond acceptors (Lipinski definition) is 3. The minimum atomic E-state index is -0.342. The molecule has 2 heterocycles. The number of fused-ring (bicyclic) bond motifs is 1. The first-order valence-corrected chi connectivity index (χ1v) is 9.48. The van der Waals surface area contributed by atoms with Gasteiger partial charge in [-0.3, -0.25) is 4.79 Å². The first kappa shape index (κ1) is 19.4. The van der Waals surface area contributed by atoms with Gasteiger partial charge in [-0.2, -0.15) is 5.10 Å². The van der Waals surface area contributed by atoms with E-state index in [0.717, 1.165) is 0 Å². The molecule has 0 unspecified atom stereocenters. The van der Waals surface area contributed by atoms with Crippen molar-refractivity contribution in [2.45, 2.75) is 13.8 Å². The van der Waals surface area contributed by atoms with Gasteiger partial charge in [-0.25, -0.2) is 14.1 Å². The summed E-state index contributed by atoms with van der Waals surface area (Å²) in [6, 6.07) is 12.5. The van der Waals surface area contributed by atoms with E-state index in [1.54, 1.807) is 54.9 Å². The summed E-state index contributed by atoms with van der Waals surface area (Å²) in [7, 11) is 0. The van der Waals surface area contributed by atoms with E-state index in [1.807, 2.05) is 0 Å². The molecule has 0 spiro atoms. The average Bonchev–Trinajstić information content (AvgIpc) is 3.00. The van der Waals surface area contributed by atoms with Gasteiger partial charge in [0.15, 0.2) is 5.65 Å². The maximum Gasteiger partial charge on any atom is 0.256 e. The predicted molar refractivity (Wildman–Crippen MR) is 113 cm³/mol. The lowest BCUT2D eigenvalue weighted by Gasteiger charge is -2.10. The number of carbonyl (C=O) groups is 1. The molecular weight excluding hydrogens is 414 g/mol. The number of anilines is 1. The van der Waals surface area contributed by atoms with Crippen molar-refractivity contribution in [1.29, 1.82) is 0 Å². The Morgan fingerprint density at radius 3 is 2.48 bits per heavy atom. The summed E-state index contributed by atoms with van der Waals surface area (Å²) in [4.78, 5) is 17.6. The van der Waals surface area contributed by atoms with E-state index in [9.17, 15) is 9.18 Å². The lowest BCUT2D eigenvalue weighted by atomic mass is 10.1. The van der Waals surface area contributed by atoms with Crippen LogP contribution in [0.2, 0.25) is 10.0 Å². The Morgan fingerprint density at radius 2 is 1.79 bits per heavy atom. The van der Waals surface area contributed by atoms with Crippen LogP contribution in [0.4, 0.5) is 10.1 Å². The number of amides is 1. The fraction of sp³-hybridized carbons (Fsp3) is 0.0952. The molecule has 4 rings (SSSR count). The van der Waals surface area contributed by atoms with Crippen molar-refractivity contribution in [3.63, 3.8) is 0 Å². The molecule has 0 saturated heterocycles. The second-order valence-electron chi connectivity index (χ2n) is 6.56. The Kier molecular flexibility index (Phi) is 4.98. The average molecular weight is 429 g/mol. The van der Waals surface area contributed by atoms with Crippen LogP contribution in [0, 0.1) is 19.7 Å². The summed E-state index contributed by atoms with van der Waals surface area (Å²) in [6.45, 7) is 3.59. The van der Waals surface area contributed by atoms with Crippen LogP contribution in [0.1, 0.15) is 21.7 Å². The van der Waals surface area contributed by atoms with Gasteiger partial charge in [0.1, 0.15) is 5.82 Å². The van der Waals surface area contributed by atoms with Crippen molar-refractivity contribution in [3.05, 3.63) is 81.3 Å². The number of rotatable bonds is 3. The molecule has 2 aromatic carbocycles. The Hall–Kier alpha value is -2.96. The van der Waals surface area contributed by atoms with Crippen LogP contribution in [0.15, 0.2) is 48.5 Å². The topological polar surface area (TPSA) is 59.8 Å². The van der Waals surface area contributed by atoms with E-state index in [-0.39, 0.29) is 11.7 Å². The van der Waals surface area contributed by atoms with Gasteiger partial charge in [0.05, 0.1) is 33.0 Å². The second-order valence-corrected chi connectivity index (χ2v) is 7.41. The standard InChI is InChI=1S/C21H15Cl2FN4O/c1-11-9-16(21(29)26-18-8-3-13(22)10-17(18)23)19-12(2)27-28(20(19)25-11)15-6-4-14(24)5-7-15/h3-10H,1-2H3,(H,26,29). The third-order valence-corrected chi connectivity index (χ3v) is 4.98. The maximum absolute atomic E-state index is 13.3. The number of aryl methyl sites for hydroxylation is 2. The van der Waals surface area contributed by atoms with Crippen molar-refractivity contribution >= 4 is 45.8 Å². The van der Waals surface area contributed by atoms with Crippen molar-refractivity contribution in [1.82, 2.24) is 14.8 Å². The minimum absolute atomic E-state index is 0.339.